The Balaban J connectivity index is 1.84. The van der Waals surface area contributed by atoms with Gasteiger partial charge in [-0.05, 0) is 37.6 Å². The number of aromatic nitrogens is 1. The molecular formula is C15H14BrNOS. The number of hydrogen-bond acceptors (Lipinski definition) is 3. The lowest BCUT2D eigenvalue weighted by atomic mass is 10.2. The van der Waals surface area contributed by atoms with Crippen LogP contribution in [0.1, 0.15) is 26.0 Å². The Morgan fingerprint density at radius 3 is 2.79 bits per heavy atom. The van der Waals surface area contributed by atoms with Crippen LogP contribution in [-0.4, -0.2) is 4.98 Å². The van der Waals surface area contributed by atoms with E-state index in [1.165, 1.54) is 15.3 Å². The second-order valence-corrected chi connectivity index (χ2v) is 7.03. The predicted molar refractivity (Wildman–Crippen MR) is 83.2 cm³/mol. The fraction of sp³-hybridized carbons (Fsp3) is 0.267. The Morgan fingerprint density at radius 1 is 1.32 bits per heavy atom. The highest BCUT2D eigenvalue weighted by molar-refractivity contribution is 9.09. The lowest BCUT2D eigenvalue weighted by Crippen LogP contribution is -1.92. The van der Waals surface area contributed by atoms with Gasteiger partial charge < -0.3 is 4.42 Å². The van der Waals surface area contributed by atoms with E-state index in [0.717, 1.165) is 23.4 Å². The van der Waals surface area contributed by atoms with Crippen molar-refractivity contribution in [1.82, 2.24) is 4.98 Å². The summed E-state index contributed by atoms with van der Waals surface area (Å²) in [6.45, 7) is 4.30. The van der Waals surface area contributed by atoms with Gasteiger partial charge in [-0.2, -0.15) is 0 Å². The molecule has 0 fully saturated rings. The standard InChI is InChI=1S/C15H14BrNOS/c1-9-7-14(19-10(9)2)11(16)8-15-17-12-5-3-4-6-13(12)18-15/h3-7,11H,8H2,1-2H3. The maximum absolute atomic E-state index is 5.76. The number of oxazole rings is 1. The Labute approximate surface area is 124 Å². The maximum Gasteiger partial charge on any atom is 0.196 e. The third-order valence-corrected chi connectivity index (χ3v) is 5.57. The van der Waals surface area contributed by atoms with Gasteiger partial charge in [-0.15, -0.1) is 11.3 Å². The number of thiophene rings is 1. The van der Waals surface area contributed by atoms with Gasteiger partial charge in [-0.3, -0.25) is 0 Å². The van der Waals surface area contributed by atoms with Crippen molar-refractivity contribution in [1.29, 1.82) is 0 Å². The fourth-order valence-corrected chi connectivity index (χ4v) is 3.73. The van der Waals surface area contributed by atoms with Crippen LogP contribution in [0.3, 0.4) is 0 Å². The number of fused-ring (bicyclic) bond motifs is 1. The van der Waals surface area contributed by atoms with Crippen molar-refractivity contribution in [3.05, 3.63) is 51.5 Å². The van der Waals surface area contributed by atoms with Gasteiger partial charge in [0.2, 0.25) is 0 Å². The molecule has 3 rings (SSSR count). The molecule has 0 spiro atoms. The van der Waals surface area contributed by atoms with E-state index in [1.807, 2.05) is 35.6 Å². The quantitative estimate of drug-likeness (QED) is 0.616. The molecule has 0 bridgehead atoms. The molecule has 2 heterocycles. The Kier molecular flexibility index (Phi) is 3.46. The van der Waals surface area contributed by atoms with E-state index < -0.39 is 0 Å². The lowest BCUT2D eigenvalue weighted by Gasteiger charge is -2.03. The molecule has 0 aliphatic carbocycles. The number of benzene rings is 1. The lowest BCUT2D eigenvalue weighted by molar-refractivity contribution is 0.528. The minimum atomic E-state index is 0.262. The highest BCUT2D eigenvalue weighted by Gasteiger charge is 2.15. The van der Waals surface area contributed by atoms with Crippen molar-refractivity contribution in [2.75, 3.05) is 0 Å². The highest BCUT2D eigenvalue weighted by Crippen LogP contribution is 2.34. The summed E-state index contributed by atoms with van der Waals surface area (Å²) in [7, 11) is 0. The van der Waals surface area contributed by atoms with Gasteiger partial charge in [-0.25, -0.2) is 4.98 Å². The minimum absolute atomic E-state index is 0.262. The zero-order chi connectivity index (χ0) is 13.4. The van der Waals surface area contributed by atoms with E-state index in [-0.39, 0.29) is 4.83 Å². The van der Waals surface area contributed by atoms with Crippen LogP contribution in [0, 0.1) is 13.8 Å². The molecular weight excluding hydrogens is 322 g/mol. The van der Waals surface area contributed by atoms with Crippen LogP contribution >= 0.6 is 27.3 Å². The van der Waals surface area contributed by atoms with Gasteiger partial charge in [0.05, 0.1) is 4.83 Å². The Bertz CT molecular complexity index is 663. The largest absolute Gasteiger partial charge is 0.441 e. The van der Waals surface area contributed by atoms with Gasteiger partial charge >= 0.3 is 0 Å². The van der Waals surface area contributed by atoms with Crippen molar-refractivity contribution >= 4 is 38.4 Å². The molecule has 0 saturated heterocycles. The SMILES string of the molecule is Cc1cc(C(Br)Cc2nc3ccccc3o2)sc1C. The number of nitrogens with zero attached hydrogens (tertiary/aromatic N) is 1. The molecule has 0 N–H and O–H groups in total. The molecule has 4 heteroatoms. The molecule has 0 radical (unpaired) electrons. The van der Waals surface area contributed by atoms with Crippen LogP contribution in [0.2, 0.25) is 0 Å². The fourth-order valence-electron chi connectivity index (χ4n) is 2.02. The molecule has 0 amide bonds. The number of halogens is 1. The average molecular weight is 336 g/mol. The predicted octanol–water partition coefficient (Wildman–Crippen LogP) is 5.18. The van der Waals surface area contributed by atoms with Crippen LogP contribution in [-0.2, 0) is 6.42 Å². The summed E-state index contributed by atoms with van der Waals surface area (Å²) >= 11 is 5.57. The Morgan fingerprint density at radius 2 is 2.11 bits per heavy atom. The molecule has 0 aliphatic rings. The van der Waals surface area contributed by atoms with Crippen molar-refractivity contribution < 1.29 is 4.42 Å². The van der Waals surface area contributed by atoms with E-state index in [1.54, 1.807) is 0 Å². The van der Waals surface area contributed by atoms with E-state index in [0.29, 0.717) is 0 Å². The molecule has 1 atom stereocenters. The van der Waals surface area contributed by atoms with Gasteiger partial charge in [0.1, 0.15) is 5.52 Å². The van der Waals surface area contributed by atoms with Crippen LogP contribution in [0.4, 0.5) is 0 Å². The second-order valence-electron chi connectivity index (χ2n) is 4.63. The first-order valence-electron chi connectivity index (χ1n) is 6.19. The highest BCUT2D eigenvalue weighted by atomic mass is 79.9. The molecule has 19 heavy (non-hydrogen) atoms. The zero-order valence-corrected chi connectivity index (χ0v) is 13.2. The van der Waals surface area contributed by atoms with Gasteiger partial charge in [-0.1, -0.05) is 28.1 Å². The molecule has 2 aromatic heterocycles. The first kappa shape index (κ1) is 12.9. The first-order chi connectivity index (χ1) is 9.13. The number of para-hydroxylation sites is 2. The number of aryl methyl sites for hydroxylation is 2. The van der Waals surface area contributed by atoms with Crippen LogP contribution in [0.15, 0.2) is 34.7 Å². The van der Waals surface area contributed by atoms with E-state index in [4.69, 9.17) is 4.42 Å². The summed E-state index contributed by atoms with van der Waals surface area (Å²) in [6, 6.07) is 10.1. The molecule has 3 aromatic rings. The van der Waals surface area contributed by atoms with Crippen LogP contribution < -0.4 is 0 Å². The van der Waals surface area contributed by atoms with E-state index in [2.05, 4.69) is 40.8 Å². The third-order valence-electron chi connectivity index (χ3n) is 3.19. The second kappa shape index (κ2) is 5.10. The first-order valence-corrected chi connectivity index (χ1v) is 7.92. The summed E-state index contributed by atoms with van der Waals surface area (Å²) in [5, 5.41) is 0. The molecule has 98 valence electrons. The molecule has 1 aromatic carbocycles. The summed E-state index contributed by atoms with van der Waals surface area (Å²) in [4.78, 5) is 7.48. The molecule has 0 aliphatic heterocycles. The molecule has 0 saturated carbocycles. The van der Waals surface area contributed by atoms with Gasteiger partial charge in [0.25, 0.3) is 0 Å². The van der Waals surface area contributed by atoms with Crippen molar-refractivity contribution in [3.8, 4) is 0 Å². The summed E-state index contributed by atoms with van der Waals surface area (Å²) in [5.74, 6) is 0.784. The number of alkyl halides is 1. The van der Waals surface area contributed by atoms with Crippen molar-refractivity contribution in [2.45, 2.75) is 25.1 Å². The zero-order valence-electron chi connectivity index (χ0n) is 10.8. The minimum Gasteiger partial charge on any atom is -0.441 e. The monoisotopic (exact) mass is 335 g/mol. The number of rotatable bonds is 3. The molecule has 1 unspecified atom stereocenters. The smallest absolute Gasteiger partial charge is 0.196 e. The third kappa shape index (κ3) is 2.60. The van der Waals surface area contributed by atoms with Crippen LogP contribution in [0.5, 0.6) is 0 Å². The van der Waals surface area contributed by atoms with Gasteiger partial charge in [0.15, 0.2) is 11.5 Å². The topological polar surface area (TPSA) is 26.0 Å². The summed E-state index contributed by atoms with van der Waals surface area (Å²) < 4.78 is 5.76. The summed E-state index contributed by atoms with van der Waals surface area (Å²) in [5.41, 5.74) is 3.13. The van der Waals surface area contributed by atoms with E-state index in [9.17, 15) is 0 Å². The Hall–Kier alpha value is -1.13. The van der Waals surface area contributed by atoms with Crippen LogP contribution in [0.25, 0.3) is 11.1 Å². The molecule has 2 nitrogen and oxygen atoms in total. The normalized spacial score (nSPS) is 13.0. The van der Waals surface area contributed by atoms with Crippen molar-refractivity contribution in [3.63, 3.8) is 0 Å². The maximum atomic E-state index is 5.76. The van der Waals surface area contributed by atoms with Gasteiger partial charge in [0, 0.05) is 16.2 Å². The van der Waals surface area contributed by atoms with Crippen molar-refractivity contribution in [2.24, 2.45) is 0 Å². The van der Waals surface area contributed by atoms with E-state index >= 15 is 0 Å². The number of hydrogen-bond donors (Lipinski definition) is 0. The summed E-state index contributed by atoms with van der Waals surface area (Å²) in [6.07, 6.45) is 0.772. The average Bonchev–Trinajstić information content (AvgIpc) is 2.93.